The van der Waals surface area contributed by atoms with Crippen LogP contribution in [0.3, 0.4) is 0 Å². The summed E-state index contributed by atoms with van der Waals surface area (Å²) in [4.78, 5) is 11.2. The minimum absolute atomic E-state index is 0.0753. The standard InChI is InChI=1S/C15H13ClN2O2S/c16-11-6-7-13(12(8-11)14(19)20)18-15(21)17-9-10-4-2-1-3-5-10/h1-8H,9H2,(H,19,20)(H2,17,18,21). The predicted octanol–water partition coefficient (Wildman–Crippen LogP) is 3.52. The van der Waals surface area contributed by atoms with Crippen LogP contribution in [0.25, 0.3) is 0 Å². The summed E-state index contributed by atoms with van der Waals surface area (Å²) >= 11 is 11.0. The lowest BCUT2D eigenvalue weighted by Gasteiger charge is -2.12. The third-order valence-electron chi connectivity index (χ3n) is 2.76. The van der Waals surface area contributed by atoms with Crippen LogP contribution in [-0.2, 0) is 6.54 Å². The highest BCUT2D eigenvalue weighted by atomic mass is 35.5. The average Bonchev–Trinajstić information content (AvgIpc) is 2.48. The number of carboxylic acids is 1. The number of halogens is 1. The molecule has 0 saturated heterocycles. The van der Waals surface area contributed by atoms with E-state index in [1.54, 1.807) is 12.1 Å². The van der Waals surface area contributed by atoms with Crippen LogP contribution in [0.15, 0.2) is 48.5 Å². The number of thiocarbonyl (C=S) groups is 1. The minimum atomic E-state index is -1.06. The van der Waals surface area contributed by atoms with Crippen molar-refractivity contribution in [2.75, 3.05) is 5.32 Å². The highest BCUT2D eigenvalue weighted by Crippen LogP contribution is 2.20. The average molecular weight is 321 g/mol. The summed E-state index contributed by atoms with van der Waals surface area (Å²) in [5, 5.41) is 15.8. The molecule has 0 fully saturated rings. The van der Waals surface area contributed by atoms with Gasteiger partial charge in [0.1, 0.15) is 0 Å². The Bertz CT molecular complexity index is 662. The van der Waals surface area contributed by atoms with Crippen LogP contribution in [-0.4, -0.2) is 16.2 Å². The van der Waals surface area contributed by atoms with E-state index in [9.17, 15) is 4.79 Å². The largest absolute Gasteiger partial charge is 0.478 e. The van der Waals surface area contributed by atoms with Crippen molar-refractivity contribution >= 4 is 40.6 Å². The molecule has 0 unspecified atom stereocenters. The molecule has 3 N–H and O–H groups in total. The lowest BCUT2D eigenvalue weighted by atomic mass is 10.2. The van der Waals surface area contributed by atoms with Crippen LogP contribution < -0.4 is 10.6 Å². The number of anilines is 1. The topological polar surface area (TPSA) is 61.4 Å². The van der Waals surface area contributed by atoms with E-state index in [1.165, 1.54) is 6.07 Å². The van der Waals surface area contributed by atoms with Gasteiger partial charge < -0.3 is 15.7 Å². The van der Waals surface area contributed by atoms with E-state index in [4.69, 9.17) is 28.9 Å². The molecule has 21 heavy (non-hydrogen) atoms. The van der Waals surface area contributed by atoms with Crippen LogP contribution >= 0.6 is 23.8 Å². The first-order chi connectivity index (χ1) is 10.1. The summed E-state index contributed by atoms with van der Waals surface area (Å²) in [6, 6.07) is 14.3. The molecule has 0 atom stereocenters. The monoisotopic (exact) mass is 320 g/mol. The normalized spacial score (nSPS) is 9.95. The summed E-state index contributed by atoms with van der Waals surface area (Å²) in [5.74, 6) is -1.06. The maximum absolute atomic E-state index is 11.2. The van der Waals surface area contributed by atoms with E-state index in [-0.39, 0.29) is 5.56 Å². The smallest absolute Gasteiger partial charge is 0.337 e. The van der Waals surface area contributed by atoms with Gasteiger partial charge in [-0.2, -0.15) is 0 Å². The Morgan fingerprint density at radius 2 is 1.90 bits per heavy atom. The van der Waals surface area contributed by atoms with Crippen molar-refractivity contribution in [2.24, 2.45) is 0 Å². The lowest BCUT2D eigenvalue weighted by molar-refractivity contribution is 0.0698. The van der Waals surface area contributed by atoms with E-state index in [2.05, 4.69) is 10.6 Å². The van der Waals surface area contributed by atoms with Crippen LogP contribution in [0, 0.1) is 0 Å². The number of rotatable bonds is 4. The second kappa shape index (κ2) is 7.06. The van der Waals surface area contributed by atoms with Crippen molar-refractivity contribution < 1.29 is 9.90 Å². The Hall–Kier alpha value is -2.11. The maximum atomic E-state index is 11.2. The lowest BCUT2D eigenvalue weighted by Crippen LogP contribution is -2.28. The number of hydrogen-bond donors (Lipinski definition) is 3. The van der Waals surface area contributed by atoms with E-state index < -0.39 is 5.97 Å². The first kappa shape index (κ1) is 15.3. The third-order valence-corrected chi connectivity index (χ3v) is 3.24. The van der Waals surface area contributed by atoms with Crippen molar-refractivity contribution in [3.63, 3.8) is 0 Å². The molecule has 2 aromatic rings. The molecule has 0 spiro atoms. The van der Waals surface area contributed by atoms with E-state index in [1.807, 2.05) is 30.3 Å². The molecule has 0 bridgehead atoms. The number of hydrogen-bond acceptors (Lipinski definition) is 2. The number of benzene rings is 2. The zero-order valence-electron chi connectivity index (χ0n) is 11.0. The van der Waals surface area contributed by atoms with Crippen LogP contribution in [0.1, 0.15) is 15.9 Å². The van der Waals surface area contributed by atoms with Crippen molar-refractivity contribution in [3.8, 4) is 0 Å². The second-order valence-electron chi connectivity index (χ2n) is 4.29. The highest BCUT2D eigenvalue weighted by molar-refractivity contribution is 7.80. The van der Waals surface area contributed by atoms with Crippen LogP contribution in [0.4, 0.5) is 5.69 Å². The van der Waals surface area contributed by atoms with Crippen LogP contribution in [0.2, 0.25) is 5.02 Å². The quantitative estimate of drug-likeness (QED) is 0.752. The van der Waals surface area contributed by atoms with E-state index in [0.29, 0.717) is 22.4 Å². The van der Waals surface area contributed by atoms with Crippen molar-refractivity contribution in [2.45, 2.75) is 6.54 Å². The summed E-state index contributed by atoms with van der Waals surface area (Å²) in [5.41, 5.74) is 1.56. The van der Waals surface area contributed by atoms with Gasteiger partial charge in [-0.3, -0.25) is 0 Å². The molecule has 0 aliphatic heterocycles. The number of carbonyl (C=O) groups is 1. The summed E-state index contributed by atoms with van der Waals surface area (Å²) < 4.78 is 0. The fourth-order valence-electron chi connectivity index (χ4n) is 1.75. The van der Waals surface area contributed by atoms with Gasteiger partial charge in [0, 0.05) is 11.6 Å². The van der Waals surface area contributed by atoms with Gasteiger partial charge in [0.2, 0.25) is 0 Å². The zero-order chi connectivity index (χ0) is 15.2. The molecule has 0 amide bonds. The third kappa shape index (κ3) is 4.44. The SMILES string of the molecule is O=C(O)c1cc(Cl)ccc1NC(=S)NCc1ccccc1. The van der Waals surface area contributed by atoms with Gasteiger partial charge in [-0.25, -0.2) is 4.79 Å². The molecule has 108 valence electrons. The summed E-state index contributed by atoms with van der Waals surface area (Å²) in [6.45, 7) is 0.558. The van der Waals surface area contributed by atoms with E-state index in [0.717, 1.165) is 5.56 Å². The number of aromatic carboxylic acids is 1. The molecule has 0 aromatic heterocycles. The van der Waals surface area contributed by atoms with Gasteiger partial charge >= 0.3 is 5.97 Å². The molecule has 6 heteroatoms. The van der Waals surface area contributed by atoms with Gasteiger partial charge in [-0.15, -0.1) is 0 Å². The fourth-order valence-corrected chi connectivity index (χ4v) is 2.10. The first-order valence-electron chi connectivity index (χ1n) is 6.18. The van der Waals surface area contributed by atoms with Gasteiger partial charge in [0.05, 0.1) is 11.3 Å². The van der Waals surface area contributed by atoms with Gasteiger partial charge in [0.15, 0.2) is 5.11 Å². The predicted molar refractivity (Wildman–Crippen MR) is 87.9 cm³/mol. The second-order valence-corrected chi connectivity index (χ2v) is 5.13. The molecule has 0 aliphatic carbocycles. The minimum Gasteiger partial charge on any atom is -0.478 e. The molecular formula is C15H13ClN2O2S. The molecule has 0 saturated carbocycles. The van der Waals surface area contributed by atoms with Gasteiger partial charge in [-0.1, -0.05) is 41.9 Å². The molecule has 0 heterocycles. The van der Waals surface area contributed by atoms with Crippen LogP contribution in [0.5, 0.6) is 0 Å². The number of nitrogens with one attached hydrogen (secondary N) is 2. The number of carboxylic acid groups (broad SMARTS) is 1. The first-order valence-corrected chi connectivity index (χ1v) is 6.96. The van der Waals surface area contributed by atoms with Crippen molar-refractivity contribution in [1.29, 1.82) is 0 Å². The van der Waals surface area contributed by atoms with E-state index >= 15 is 0 Å². The van der Waals surface area contributed by atoms with Crippen molar-refractivity contribution in [3.05, 3.63) is 64.7 Å². The Morgan fingerprint density at radius 1 is 1.19 bits per heavy atom. The van der Waals surface area contributed by atoms with Gasteiger partial charge in [-0.05, 0) is 36.0 Å². The Balaban J connectivity index is 2.01. The molecule has 2 aromatic carbocycles. The Labute approximate surface area is 132 Å². The molecule has 2 rings (SSSR count). The molecular weight excluding hydrogens is 308 g/mol. The Kier molecular flexibility index (Phi) is 5.14. The zero-order valence-corrected chi connectivity index (χ0v) is 12.5. The van der Waals surface area contributed by atoms with Crippen molar-refractivity contribution in [1.82, 2.24) is 5.32 Å². The summed E-state index contributed by atoms with van der Waals surface area (Å²) in [6.07, 6.45) is 0. The highest BCUT2D eigenvalue weighted by Gasteiger charge is 2.11. The summed E-state index contributed by atoms with van der Waals surface area (Å²) in [7, 11) is 0. The molecule has 0 radical (unpaired) electrons. The molecule has 4 nitrogen and oxygen atoms in total. The molecule has 0 aliphatic rings. The maximum Gasteiger partial charge on any atom is 0.337 e. The fraction of sp³-hybridized carbons (Fsp3) is 0.0667. The Morgan fingerprint density at radius 3 is 2.57 bits per heavy atom. The van der Waals surface area contributed by atoms with Gasteiger partial charge in [0.25, 0.3) is 0 Å².